The summed E-state index contributed by atoms with van der Waals surface area (Å²) in [5, 5.41) is 3.26. The quantitative estimate of drug-likeness (QED) is 0.466. The molecule has 1 aromatic carbocycles. The molecule has 0 saturated carbocycles. The smallest absolute Gasteiger partial charge is 0.152 e. The highest BCUT2D eigenvalue weighted by Gasteiger charge is 2.29. The van der Waals surface area contributed by atoms with Crippen molar-refractivity contribution in [1.29, 1.82) is 0 Å². The lowest BCUT2D eigenvalue weighted by Gasteiger charge is -2.18. The van der Waals surface area contributed by atoms with Crippen LogP contribution in [0.1, 0.15) is 45.2 Å². The number of halogens is 1. The van der Waals surface area contributed by atoms with E-state index in [1.807, 2.05) is 24.4 Å². The summed E-state index contributed by atoms with van der Waals surface area (Å²) in [7, 11) is 0. The molecule has 2 rings (SSSR count). The summed E-state index contributed by atoms with van der Waals surface area (Å²) in [4.78, 5) is 28.8. The van der Waals surface area contributed by atoms with Crippen LogP contribution in [-0.4, -0.2) is 17.1 Å². The molecule has 0 radical (unpaired) electrons. The second kappa shape index (κ2) is 8.54. The largest absolute Gasteiger partial charge is 0.302 e. The first-order chi connectivity index (χ1) is 11.5. The number of thiazole rings is 1. The zero-order valence-electron chi connectivity index (χ0n) is 14.2. The Labute approximate surface area is 152 Å². The molecular weight excluding hydrogens is 342 g/mol. The second-order valence-corrected chi connectivity index (χ2v) is 7.63. The molecule has 1 aromatic heterocycles. The van der Waals surface area contributed by atoms with Crippen molar-refractivity contribution in [2.45, 2.75) is 39.5 Å². The Bertz CT molecular complexity index is 694. The van der Waals surface area contributed by atoms with Crippen molar-refractivity contribution < 1.29 is 9.59 Å². The van der Waals surface area contributed by atoms with Gasteiger partial charge in [-0.25, -0.2) is 4.98 Å². The van der Waals surface area contributed by atoms with Gasteiger partial charge in [-0.05, 0) is 30.9 Å². The van der Waals surface area contributed by atoms with Gasteiger partial charge in [0.05, 0.1) is 5.69 Å². The first-order valence-corrected chi connectivity index (χ1v) is 9.42. The van der Waals surface area contributed by atoms with E-state index < -0.39 is 5.92 Å². The molecule has 0 bridgehead atoms. The highest BCUT2D eigenvalue weighted by molar-refractivity contribution is 7.13. The molecule has 0 aliphatic rings. The predicted octanol–water partition coefficient (Wildman–Crippen LogP) is 5.39. The number of aldehydes is 1. The van der Waals surface area contributed by atoms with Gasteiger partial charge < -0.3 is 4.79 Å². The standard InChI is InChI=1S/C19H22ClNO2S/c1-4-13(9-12(2)3)18(23)16(10-22)17-11-24-19(21-17)14-5-7-15(20)8-6-14/h5-8,10-13,16H,4,9H2,1-3H3. The molecule has 0 aliphatic heterocycles. The van der Waals surface area contributed by atoms with E-state index in [9.17, 15) is 9.59 Å². The van der Waals surface area contributed by atoms with E-state index in [0.717, 1.165) is 29.7 Å². The summed E-state index contributed by atoms with van der Waals surface area (Å²) < 4.78 is 0. The Morgan fingerprint density at radius 1 is 1.29 bits per heavy atom. The summed E-state index contributed by atoms with van der Waals surface area (Å²) in [6.07, 6.45) is 2.27. The molecule has 2 atom stereocenters. The molecule has 5 heteroatoms. The third kappa shape index (κ3) is 4.52. The molecule has 128 valence electrons. The van der Waals surface area contributed by atoms with Gasteiger partial charge in [-0.15, -0.1) is 11.3 Å². The molecule has 0 saturated heterocycles. The maximum atomic E-state index is 12.7. The Morgan fingerprint density at radius 3 is 2.50 bits per heavy atom. The van der Waals surface area contributed by atoms with Crippen molar-refractivity contribution in [2.75, 3.05) is 0 Å². The van der Waals surface area contributed by atoms with Crippen LogP contribution in [0.5, 0.6) is 0 Å². The topological polar surface area (TPSA) is 47.0 Å². The Morgan fingerprint density at radius 2 is 1.96 bits per heavy atom. The van der Waals surface area contributed by atoms with Crippen molar-refractivity contribution in [3.05, 3.63) is 40.4 Å². The molecule has 0 fully saturated rings. The minimum absolute atomic E-state index is 0.0193. The van der Waals surface area contributed by atoms with E-state index in [2.05, 4.69) is 18.8 Å². The minimum Gasteiger partial charge on any atom is -0.302 e. The van der Waals surface area contributed by atoms with Crippen molar-refractivity contribution in [3.8, 4) is 10.6 Å². The van der Waals surface area contributed by atoms with Gasteiger partial charge in [0.1, 0.15) is 17.2 Å². The molecular formula is C19H22ClNO2S. The molecule has 0 amide bonds. The highest BCUT2D eigenvalue weighted by Crippen LogP contribution is 2.30. The van der Waals surface area contributed by atoms with Gasteiger partial charge >= 0.3 is 0 Å². The van der Waals surface area contributed by atoms with Crippen molar-refractivity contribution in [1.82, 2.24) is 4.98 Å². The van der Waals surface area contributed by atoms with Crippen molar-refractivity contribution >= 4 is 35.0 Å². The third-order valence-corrected chi connectivity index (χ3v) is 5.19. The lowest BCUT2D eigenvalue weighted by molar-refractivity contribution is -0.128. The molecule has 2 unspecified atom stereocenters. The van der Waals surface area contributed by atoms with E-state index in [1.54, 1.807) is 12.1 Å². The van der Waals surface area contributed by atoms with E-state index in [4.69, 9.17) is 11.6 Å². The maximum absolute atomic E-state index is 12.7. The monoisotopic (exact) mass is 363 g/mol. The Balaban J connectivity index is 2.23. The molecule has 3 nitrogen and oxygen atoms in total. The van der Waals surface area contributed by atoms with Gasteiger partial charge in [-0.1, -0.05) is 44.5 Å². The van der Waals surface area contributed by atoms with Crippen LogP contribution >= 0.6 is 22.9 Å². The Hall–Kier alpha value is -1.52. The van der Waals surface area contributed by atoms with Gasteiger partial charge in [-0.2, -0.15) is 0 Å². The molecule has 1 heterocycles. The van der Waals surface area contributed by atoms with Crippen LogP contribution in [0.25, 0.3) is 10.6 Å². The van der Waals surface area contributed by atoms with Crippen molar-refractivity contribution in [3.63, 3.8) is 0 Å². The number of aromatic nitrogens is 1. The van der Waals surface area contributed by atoms with Crippen LogP contribution in [0.2, 0.25) is 5.02 Å². The number of hydrogen-bond donors (Lipinski definition) is 0. The van der Waals surface area contributed by atoms with Gasteiger partial charge in [0.2, 0.25) is 0 Å². The van der Waals surface area contributed by atoms with Crippen LogP contribution in [0, 0.1) is 11.8 Å². The number of nitrogens with zero attached hydrogens (tertiary/aromatic N) is 1. The predicted molar refractivity (Wildman–Crippen MR) is 99.6 cm³/mol. The number of carbonyl (C=O) groups excluding carboxylic acids is 2. The van der Waals surface area contributed by atoms with Crippen LogP contribution in [-0.2, 0) is 9.59 Å². The van der Waals surface area contributed by atoms with E-state index in [1.165, 1.54) is 11.3 Å². The summed E-state index contributed by atoms with van der Waals surface area (Å²) in [5.74, 6) is -0.465. The lowest BCUT2D eigenvalue weighted by Crippen LogP contribution is -2.24. The minimum atomic E-state index is -0.772. The lowest BCUT2D eigenvalue weighted by atomic mass is 9.84. The maximum Gasteiger partial charge on any atom is 0.152 e. The number of benzene rings is 1. The van der Waals surface area contributed by atoms with Crippen LogP contribution in [0.3, 0.4) is 0 Å². The van der Waals surface area contributed by atoms with Gasteiger partial charge in [0, 0.05) is 21.9 Å². The van der Waals surface area contributed by atoms with Gasteiger partial charge in [0.25, 0.3) is 0 Å². The fourth-order valence-electron chi connectivity index (χ4n) is 2.74. The number of Topliss-reactive ketones (excluding diaryl/α,β-unsaturated/α-hetero) is 1. The molecule has 24 heavy (non-hydrogen) atoms. The molecule has 0 spiro atoms. The van der Waals surface area contributed by atoms with Crippen LogP contribution in [0.4, 0.5) is 0 Å². The summed E-state index contributed by atoms with van der Waals surface area (Å²) >= 11 is 7.34. The molecule has 0 aliphatic carbocycles. The van der Waals surface area contributed by atoms with Gasteiger partial charge in [0.15, 0.2) is 5.78 Å². The van der Waals surface area contributed by atoms with E-state index in [-0.39, 0.29) is 11.7 Å². The first kappa shape index (κ1) is 18.8. The van der Waals surface area contributed by atoms with Crippen LogP contribution < -0.4 is 0 Å². The fourth-order valence-corrected chi connectivity index (χ4v) is 3.73. The Kier molecular flexibility index (Phi) is 6.69. The average molecular weight is 364 g/mol. The van der Waals surface area contributed by atoms with E-state index in [0.29, 0.717) is 16.6 Å². The number of ketones is 1. The fraction of sp³-hybridized carbons (Fsp3) is 0.421. The van der Waals surface area contributed by atoms with E-state index >= 15 is 0 Å². The SMILES string of the molecule is CCC(CC(C)C)C(=O)C(C=O)c1csc(-c2ccc(Cl)cc2)n1. The molecule has 0 N–H and O–H groups in total. The van der Waals surface area contributed by atoms with Crippen molar-refractivity contribution in [2.24, 2.45) is 11.8 Å². The second-order valence-electron chi connectivity index (χ2n) is 6.34. The number of carbonyl (C=O) groups is 2. The average Bonchev–Trinajstić information content (AvgIpc) is 3.03. The summed E-state index contributed by atoms with van der Waals surface area (Å²) in [6.45, 7) is 6.17. The number of rotatable bonds is 8. The summed E-state index contributed by atoms with van der Waals surface area (Å²) in [5.41, 5.74) is 1.48. The third-order valence-electron chi connectivity index (χ3n) is 4.03. The van der Waals surface area contributed by atoms with Gasteiger partial charge in [-0.3, -0.25) is 4.79 Å². The first-order valence-electron chi connectivity index (χ1n) is 8.16. The summed E-state index contributed by atoms with van der Waals surface area (Å²) in [6, 6.07) is 7.37. The highest BCUT2D eigenvalue weighted by atomic mass is 35.5. The zero-order chi connectivity index (χ0) is 17.7. The normalized spacial score (nSPS) is 13.7. The van der Waals surface area contributed by atoms with Crippen LogP contribution in [0.15, 0.2) is 29.6 Å². The zero-order valence-corrected chi connectivity index (χ0v) is 15.7. The molecule has 2 aromatic rings. The number of hydrogen-bond acceptors (Lipinski definition) is 4.